The fourth-order valence-electron chi connectivity index (χ4n) is 4.19. The van der Waals surface area contributed by atoms with E-state index in [1.54, 1.807) is 0 Å². The van der Waals surface area contributed by atoms with Gasteiger partial charge in [-0.2, -0.15) is 0 Å². The van der Waals surface area contributed by atoms with Gasteiger partial charge in [0.05, 0.1) is 24.8 Å². The van der Waals surface area contributed by atoms with Gasteiger partial charge in [-0.15, -0.1) is 0 Å². The molecule has 1 aliphatic heterocycles. The monoisotopic (exact) mass is 402 g/mol. The molecule has 1 N–H and O–H groups in total. The number of aromatic nitrogens is 3. The lowest BCUT2D eigenvalue weighted by Crippen LogP contribution is -2.37. The molecule has 30 heavy (non-hydrogen) atoms. The molecule has 0 aliphatic carbocycles. The van der Waals surface area contributed by atoms with E-state index in [1.165, 1.54) is 0 Å². The zero-order valence-corrected chi connectivity index (χ0v) is 17.4. The van der Waals surface area contributed by atoms with Crippen LogP contribution >= 0.6 is 0 Å². The third kappa shape index (κ3) is 3.22. The summed E-state index contributed by atoms with van der Waals surface area (Å²) >= 11 is 0. The van der Waals surface area contributed by atoms with Crippen molar-refractivity contribution in [1.29, 1.82) is 0 Å². The number of anilines is 1. The molecule has 1 saturated heterocycles. The average molecular weight is 402 g/mol. The number of fused-ring (bicyclic) bond motifs is 3. The van der Waals surface area contributed by atoms with Gasteiger partial charge in [-0.05, 0) is 36.2 Å². The fraction of sp³-hybridized carbons (Fsp3) is 0.333. The summed E-state index contributed by atoms with van der Waals surface area (Å²) in [6, 6.07) is 14.3. The Morgan fingerprint density at radius 2 is 1.90 bits per heavy atom. The number of hydrogen-bond donors (Lipinski definition) is 1. The number of rotatable bonds is 4. The summed E-state index contributed by atoms with van der Waals surface area (Å²) in [6.07, 6.45) is 2.26. The molecule has 4 aromatic rings. The van der Waals surface area contributed by atoms with Crippen LogP contribution in [0, 0.1) is 0 Å². The van der Waals surface area contributed by atoms with Crippen LogP contribution in [0.4, 0.5) is 5.82 Å². The van der Waals surface area contributed by atoms with Gasteiger partial charge in [0.1, 0.15) is 5.82 Å². The molecule has 154 valence electrons. The Balaban J connectivity index is 1.75. The predicted molar refractivity (Wildman–Crippen MR) is 120 cm³/mol. The van der Waals surface area contributed by atoms with E-state index < -0.39 is 6.10 Å². The number of ether oxygens (including phenoxy) is 1. The van der Waals surface area contributed by atoms with Crippen LogP contribution in [0.15, 0.2) is 48.7 Å². The van der Waals surface area contributed by atoms with Gasteiger partial charge in [-0.1, -0.05) is 25.1 Å². The molecule has 0 amide bonds. The van der Waals surface area contributed by atoms with Gasteiger partial charge in [-0.3, -0.25) is 0 Å². The maximum absolute atomic E-state index is 10.3. The van der Waals surface area contributed by atoms with Crippen LogP contribution in [0.2, 0.25) is 0 Å². The van der Waals surface area contributed by atoms with E-state index in [9.17, 15) is 5.11 Å². The van der Waals surface area contributed by atoms with Crippen LogP contribution in [-0.2, 0) is 11.8 Å². The summed E-state index contributed by atoms with van der Waals surface area (Å²) in [7, 11) is 2.05. The topological polar surface area (TPSA) is 63.4 Å². The molecule has 2 aromatic heterocycles. The predicted octanol–water partition coefficient (Wildman–Crippen LogP) is 4.07. The normalized spacial score (nSPS) is 15.8. The van der Waals surface area contributed by atoms with E-state index >= 15 is 0 Å². The summed E-state index contributed by atoms with van der Waals surface area (Å²) in [4.78, 5) is 12.3. The Bertz CT molecular complexity index is 1210. The first-order valence-corrected chi connectivity index (χ1v) is 10.5. The standard InChI is InChI=1S/C24H26N4O2/c1-3-21(29)16-5-4-6-17(15-16)23-25-22-18-9-10-27(2)20(18)8-7-19(22)24(26-23)28-11-13-30-14-12-28/h4-10,15,21,29H,3,11-14H2,1-2H3. The first kappa shape index (κ1) is 19.0. The second-order valence-electron chi connectivity index (χ2n) is 7.84. The van der Waals surface area contributed by atoms with E-state index in [1.807, 2.05) is 31.2 Å². The summed E-state index contributed by atoms with van der Waals surface area (Å²) in [5, 5.41) is 12.5. The zero-order valence-electron chi connectivity index (χ0n) is 17.4. The molecule has 2 aromatic carbocycles. The van der Waals surface area contributed by atoms with Crippen LogP contribution in [0.25, 0.3) is 33.2 Å². The van der Waals surface area contributed by atoms with Gasteiger partial charge in [0.2, 0.25) is 0 Å². The smallest absolute Gasteiger partial charge is 0.162 e. The first-order chi connectivity index (χ1) is 14.7. The molecule has 0 saturated carbocycles. The maximum atomic E-state index is 10.3. The molecular weight excluding hydrogens is 376 g/mol. The van der Waals surface area contributed by atoms with E-state index in [0.717, 1.165) is 51.8 Å². The summed E-state index contributed by atoms with van der Waals surface area (Å²) < 4.78 is 7.67. The highest BCUT2D eigenvalue weighted by Crippen LogP contribution is 2.33. The lowest BCUT2D eigenvalue weighted by molar-refractivity contribution is 0.122. The summed E-state index contributed by atoms with van der Waals surface area (Å²) in [5.41, 5.74) is 3.92. The molecule has 6 nitrogen and oxygen atoms in total. The third-order valence-corrected chi connectivity index (χ3v) is 5.94. The van der Waals surface area contributed by atoms with Crippen molar-refractivity contribution < 1.29 is 9.84 Å². The lowest BCUT2D eigenvalue weighted by Gasteiger charge is -2.29. The van der Waals surface area contributed by atoms with Crippen molar-refractivity contribution in [2.75, 3.05) is 31.2 Å². The second kappa shape index (κ2) is 7.70. The minimum atomic E-state index is -0.482. The first-order valence-electron chi connectivity index (χ1n) is 10.5. The molecule has 3 heterocycles. The summed E-state index contributed by atoms with van der Waals surface area (Å²) in [5.74, 6) is 1.64. The van der Waals surface area contributed by atoms with Gasteiger partial charge in [0.25, 0.3) is 0 Å². The number of aryl methyl sites for hydroxylation is 1. The van der Waals surface area contributed by atoms with Crippen molar-refractivity contribution in [3.8, 4) is 11.4 Å². The molecule has 1 unspecified atom stereocenters. The molecule has 1 fully saturated rings. The van der Waals surface area contributed by atoms with Gasteiger partial charge in [-0.25, -0.2) is 9.97 Å². The minimum Gasteiger partial charge on any atom is -0.388 e. The third-order valence-electron chi connectivity index (χ3n) is 5.94. The highest BCUT2D eigenvalue weighted by atomic mass is 16.5. The Kier molecular flexibility index (Phi) is 4.89. The van der Waals surface area contributed by atoms with Crippen molar-refractivity contribution in [2.24, 2.45) is 7.05 Å². The van der Waals surface area contributed by atoms with Crippen LogP contribution in [0.3, 0.4) is 0 Å². The Hall–Kier alpha value is -2.96. The number of hydrogen-bond acceptors (Lipinski definition) is 5. The number of aliphatic hydroxyl groups is 1. The molecule has 5 rings (SSSR count). The largest absolute Gasteiger partial charge is 0.388 e. The average Bonchev–Trinajstić information content (AvgIpc) is 3.19. The Morgan fingerprint density at radius 3 is 2.70 bits per heavy atom. The van der Waals surface area contributed by atoms with Crippen molar-refractivity contribution in [1.82, 2.24) is 14.5 Å². The number of nitrogens with zero attached hydrogens (tertiary/aromatic N) is 4. The Morgan fingerprint density at radius 1 is 1.07 bits per heavy atom. The van der Waals surface area contributed by atoms with Gasteiger partial charge < -0.3 is 19.3 Å². The van der Waals surface area contributed by atoms with Gasteiger partial charge in [0, 0.05) is 48.2 Å². The van der Waals surface area contributed by atoms with Crippen LogP contribution < -0.4 is 4.90 Å². The molecule has 0 bridgehead atoms. The van der Waals surface area contributed by atoms with Crippen molar-refractivity contribution in [2.45, 2.75) is 19.4 Å². The molecular formula is C24H26N4O2. The molecule has 6 heteroatoms. The minimum absolute atomic E-state index is 0.482. The van der Waals surface area contributed by atoms with Crippen LogP contribution in [0.5, 0.6) is 0 Å². The summed E-state index contributed by atoms with van der Waals surface area (Å²) in [6.45, 7) is 5.01. The number of aliphatic hydroxyl groups excluding tert-OH is 1. The molecule has 1 aliphatic rings. The quantitative estimate of drug-likeness (QED) is 0.558. The van der Waals surface area contributed by atoms with E-state index in [0.29, 0.717) is 25.5 Å². The molecule has 0 radical (unpaired) electrons. The lowest BCUT2D eigenvalue weighted by atomic mass is 10.0. The highest BCUT2D eigenvalue weighted by Gasteiger charge is 2.20. The van der Waals surface area contributed by atoms with Crippen molar-refractivity contribution in [3.05, 3.63) is 54.2 Å². The number of benzene rings is 2. The Labute approximate surface area is 175 Å². The fourth-order valence-corrected chi connectivity index (χ4v) is 4.19. The van der Waals surface area contributed by atoms with E-state index in [-0.39, 0.29) is 0 Å². The van der Waals surface area contributed by atoms with Gasteiger partial charge >= 0.3 is 0 Å². The van der Waals surface area contributed by atoms with E-state index in [4.69, 9.17) is 14.7 Å². The van der Waals surface area contributed by atoms with E-state index in [2.05, 4.69) is 40.9 Å². The van der Waals surface area contributed by atoms with Crippen molar-refractivity contribution in [3.63, 3.8) is 0 Å². The zero-order chi connectivity index (χ0) is 20.7. The maximum Gasteiger partial charge on any atom is 0.162 e. The molecule has 0 spiro atoms. The second-order valence-corrected chi connectivity index (χ2v) is 7.84. The van der Waals surface area contributed by atoms with Gasteiger partial charge in [0.15, 0.2) is 5.82 Å². The SMILES string of the molecule is CCC(O)c1cccc(-c2nc(N3CCOCC3)c3ccc4c(ccn4C)c3n2)c1. The van der Waals surface area contributed by atoms with Crippen LogP contribution in [0.1, 0.15) is 25.0 Å². The van der Waals surface area contributed by atoms with Crippen LogP contribution in [-0.4, -0.2) is 45.9 Å². The number of morpholine rings is 1. The van der Waals surface area contributed by atoms with Crippen molar-refractivity contribution >= 4 is 27.6 Å². The highest BCUT2D eigenvalue weighted by molar-refractivity contribution is 6.08. The molecule has 1 atom stereocenters.